The van der Waals surface area contributed by atoms with Crippen molar-refractivity contribution in [2.45, 2.75) is 18.8 Å². The normalized spacial score (nSPS) is 15.3. The highest BCUT2D eigenvalue weighted by atomic mass is 32.1. The van der Waals surface area contributed by atoms with Crippen LogP contribution in [0.25, 0.3) is 93.3 Å². The fourth-order valence-electron chi connectivity index (χ4n) is 8.40. The van der Waals surface area contributed by atoms with Gasteiger partial charge in [-0.15, -0.1) is 11.3 Å². The first kappa shape index (κ1) is 31.8. The van der Waals surface area contributed by atoms with E-state index in [-0.39, 0.29) is 5.41 Å². The van der Waals surface area contributed by atoms with Crippen molar-refractivity contribution >= 4 is 59.3 Å². The Balaban J connectivity index is 1.04. The molecular formula is C50H33N3OS. The van der Waals surface area contributed by atoms with Gasteiger partial charge in [-0.2, -0.15) is 0 Å². The molecule has 0 saturated carbocycles. The Morgan fingerprint density at radius 2 is 1.20 bits per heavy atom. The molecule has 0 radical (unpaired) electrons. The van der Waals surface area contributed by atoms with Crippen LogP contribution in [0.4, 0.5) is 0 Å². The van der Waals surface area contributed by atoms with E-state index in [0.29, 0.717) is 17.5 Å². The maximum atomic E-state index is 6.30. The van der Waals surface area contributed by atoms with Crippen LogP contribution in [0.15, 0.2) is 168 Å². The molecule has 0 N–H and O–H groups in total. The van der Waals surface area contributed by atoms with Crippen molar-refractivity contribution in [1.82, 2.24) is 15.0 Å². The van der Waals surface area contributed by atoms with Crippen LogP contribution in [0.5, 0.6) is 0 Å². The van der Waals surface area contributed by atoms with E-state index in [4.69, 9.17) is 19.4 Å². The van der Waals surface area contributed by atoms with E-state index in [9.17, 15) is 0 Å². The minimum Gasteiger partial charge on any atom is -0.456 e. The largest absolute Gasteiger partial charge is 0.456 e. The quantitative estimate of drug-likeness (QED) is 0.177. The molecule has 10 aromatic rings. The molecule has 260 valence electrons. The van der Waals surface area contributed by atoms with Gasteiger partial charge in [0.05, 0.1) is 0 Å². The van der Waals surface area contributed by atoms with Crippen LogP contribution in [-0.2, 0) is 5.41 Å². The molecule has 0 bridgehead atoms. The van der Waals surface area contributed by atoms with Gasteiger partial charge in [0, 0.05) is 53.2 Å². The summed E-state index contributed by atoms with van der Waals surface area (Å²) in [5.41, 5.74) is 8.47. The van der Waals surface area contributed by atoms with Crippen LogP contribution >= 0.6 is 11.3 Å². The summed E-state index contributed by atoms with van der Waals surface area (Å²) in [4.78, 5) is 15.5. The second-order valence-corrected chi connectivity index (χ2v) is 15.7. The van der Waals surface area contributed by atoms with Gasteiger partial charge in [0.15, 0.2) is 17.5 Å². The van der Waals surface area contributed by atoms with Crippen LogP contribution in [0.2, 0.25) is 0 Å². The van der Waals surface area contributed by atoms with Gasteiger partial charge in [-0.3, -0.25) is 0 Å². The van der Waals surface area contributed by atoms with E-state index in [0.717, 1.165) is 45.4 Å². The molecule has 4 nitrogen and oxygen atoms in total. The van der Waals surface area contributed by atoms with E-state index in [1.807, 2.05) is 12.1 Å². The highest BCUT2D eigenvalue weighted by Gasteiger charge is 2.36. The zero-order valence-corrected chi connectivity index (χ0v) is 30.8. The lowest BCUT2D eigenvalue weighted by Gasteiger charge is -2.32. The van der Waals surface area contributed by atoms with E-state index < -0.39 is 0 Å². The van der Waals surface area contributed by atoms with Gasteiger partial charge >= 0.3 is 0 Å². The standard InChI is InChI=1S/C50H33N3OS/c1-50(28-10-17-42-46(50)38-13-5-7-16-41(38)54-42)37-27-26-34-29-36(25-24-35(34)30-37)48-51-47(33-22-20-32(21-23-33)31-11-3-2-4-12-31)52-49(53-48)40-15-9-19-44-45(40)39-14-6-8-18-43(39)55-44/h2-27,29-30H,28H2,1H3. The SMILES string of the molecule is CC1(c2ccc3cc(-c4nc(-c5ccc(-c6ccccc6)cc5)nc(-c5cccc6sc7ccccc7c56)n4)ccc3c2)CC=Cc2oc3ccccc3c21. The molecule has 1 aliphatic rings. The van der Waals surface area contributed by atoms with Crippen LogP contribution in [0.1, 0.15) is 30.2 Å². The Kier molecular flexibility index (Phi) is 7.19. The summed E-state index contributed by atoms with van der Waals surface area (Å²) < 4.78 is 8.77. The summed E-state index contributed by atoms with van der Waals surface area (Å²) in [6.07, 6.45) is 5.27. The van der Waals surface area contributed by atoms with Gasteiger partial charge in [-0.25, -0.2) is 15.0 Å². The van der Waals surface area contributed by atoms with Crippen molar-refractivity contribution in [2.75, 3.05) is 0 Å². The number of hydrogen-bond donors (Lipinski definition) is 0. The van der Waals surface area contributed by atoms with Gasteiger partial charge in [0.1, 0.15) is 11.3 Å². The summed E-state index contributed by atoms with van der Waals surface area (Å²) in [6, 6.07) is 55.8. The molecule has 1 aliphatic carbocycles. The lowest BCUT2D eigenvalue weighted by Crippen LogP contribution is -2.25. The molecule has 0 saturated heterocycles. The maximum Gasteiger partial charge on any atom is 0.164 e. The van der Waals surface area contributed by atoms with Crippen molar-refractivity contribution in [3.63, 3.8) is 0 Å². The Morgan fingerprint density at radius 1 is 0.545 bits per heavy atom. The third-order valence-corrected chi connectivity index (χ3v) is 12.4. The molecular weight excluding hydrogens is 691 g/mol. The molecule has 3 heterocycles. The molecule has 5 heteroatoms. The fraction of sp³-hybridized carbons (Fsp3) is 0.0600. The zero-order valence-electron chi connectivity index (χ0n) is 30.0. The van der Waals surface area contributed by atoms with E-state index in [1.165, 1.54) is 47.6 Å². The number of fused-ring (bicyclic) bond motifs is 7. The van der Waals surface area contributed by atoms with Crippen LogP contribution in [-0.4, -0.2) is 15.0 Å². The third kappa shape index (κ3) is 5.23. The lowest BCUT2D eigenvalue weighted by atomic mass is 9.70. The number of furan rings is 1. The molecule has 1 atom stereocenters. The summed E-state index contributed by atoms with van der Waals surface area (Å²) in [5, 5.41) is 5.88. The molecule has 0 spiro atoms. The number of hydrogen-bond acceptors (Lipinski definition) is 5. The van der Waals surface area contributed by atoms with Crippen molar-refractivity contribution < 1.29 is 4.42 Å². The Morgan fingerprint density at radius 3 is 2.07 bits per heavy atom. The number of para-hydroxylation sites is 1. The molecule has 3 aromatic heterocycles. The molecule has 55 heavy (non-hydrogen) atoms. The van der Waals surface area contributed by atoms with E-state index >= 15 is 0 Å². The van der Waals surface area contributed by atoms with Crippen molar-refractivity contribution in [1.29, 1.82) is 0 Å². The summed E-state index contributed by atoms with van der Waals surface area (Å²) in [6.45, 7) is 2.34. The predicted molar refractivity (Wildman–Crippen MR) is 228 cm³/mol. The van der Waals surface area contributed by atoms with Gasteiger partial charge in [0.25, 0.3) is 0 Å². The highest BCUT2D eigenvalue weighted by molar-refractivity contribution is 7.25. The summed E-state index contributed by atoms with van der Waals surface area (Å²) >= 11 is 1.80. The van der Waals surface area contributed by atoms with Crippen LogP contribution in [0, 0.1) is 0 Å². The topological polar surface area (TPSA) is 51.8 Å². The first-order chi connectivity index (χ1) is 27.1. The average Bonchev–Trinajstić information content (AvgIpc) is 3.83. The molecule has 1 unspecified atom stereocenters. The number of rotatable bonds is 5. The highest BCUT2D eigenvalue weighted by Crippen LogP contribution is 2.47. The zero-order chi connectivity index (χ0) is 36.5. The minimum absolute atomic E-state index is 0.218. The average molecular weight is 724 g/mol. The minimum atomic E-state index is -0.218. The number of thiophene rings is 1. The van der Waals surface area contributed by atoms with Crippen molar-refractivity contribution in [3.05, 3.63) is 181 Å². The molecule has 11 rings (SSSR count). The monoisotopic (exact) mass is 723 g/mol. The third-order valence-electron chi connectivity index (χ3n) is 11.2. The summed E-state index contributed by atoms with van der Waals surface area (Å²) in [5.74, 6) is 2.91. The fourth-order valence-corrected chi connectivity index (χ4v) is 9.53. The van der Waals surface area contributed by atoms with Crippen LogP contribution < -0.4 is 0 Å². The second-order valence-electron chi connectivity index (χ2n) is 14.6. The predicted octanol–water partition coefficient (Wildman–Crippen LogP) is 13.5. The van der Waals surface area contributed by atoms with Crippen molar-refractivity contribution in [2.24, 2.45) is 0 Å². The Hall–Kier alpha value is -6.69. The number of benzene rings is 7. The van der Waals surface area contributed by atoms with E-state index in [1.54, 1.807) is 11.3 Å². The van der Waals surface area contributed by atoms with Gasteiger partial charge < -0.3 is 4.42 Å². The number of nitrogens with zero attached hydrogens (tertiary/aromatic N) is 3. The smallest absolute Gasteiger partial charge is 0.164 e. The number of aromatic nitrogens is 3. The molecule has 0 fully saturated rings. The van der Waals surface area contributed by atoms with Crippen LogP contribution in [0.3, 0.4) is 0 Å². The Labute approximate surface area is 322 Å². The second kappa shape index (κ2) is 12.4. The summed E-state index contributed by atoms with van der Waals surface area (Å²) in [7, 11) is 0. The molecule has 0 amide bonds. The Bertz CT molecular complexity index is 3140. The molecule has 0 aliphatic heterocycles. The first-order valence-electron chi connectivity index (χ1n) is 18.6. The van der Waals surface area contributed by atoms with Crippen molar-refractivity contribution in [3.8, 4) is 45.3 Å². The maximum absolute atomic E-state index is 6.30. The van der Waals surface area contributed by atoms with Gasteiger partial charge in [-0.05, 0) is 64.2 Å². The molecule has 7 aromatic carbocycles. The van der Waals surface area contributed by atoms with Gasteiger partial charge in [0.2, 0.25) is 0 Å². The van der Waals surface area contributed by atoms with Gasteiger partial charge in [-0.1, -0.05) is 146 Å². The lowest BCUT2D eigenvalue weighted by molar-refractivity contribution is 0.535. The first-order valence-corrected chi connectivity index (χ1v) is 19.5. The number of allylic oxidation sites excluding steroid dienone is 1. The van der Waals surface area contributed by atoms with E-state index in [2.05, 4.69) is 165 Å².